The van der Waals surface area contributed by atoms with E-state index >= 15 is 0 Å². The van der Waals surface area contributed by atoms with E-state index in [0.717, 1.165) is 37.7 Å². The Morgan fingerprint density at radius 1 is 1.12 bits per heavy atom. The van der Waals surface area contributed by atoms with Crippen LogP contribution in [-0.4, -0.2) is 25.6 Å². The standard InChI is InChI=1S/C20H32N2O3/c1-3-4-6-13-18(19(21)24-2)14-9-10-15-22-20(23)25-16-17-11-7-5-8-12-17/h5,7-8,11-12,18,21H,3-4,6,9-10,13-16H2,1-2H3,(H,22,23). The highest BCUT2D eigenvalue weighted by atomic mass is 16.5. The van der Waals surface area contributed by atoms with Gasteiger partial charge in [-0.15, -0.1) is 0 Å². The number of hydrogen-bond acceptors (Lipinski definition) is 4. The van der Waals surface area contributed by atoms with E-state index in [4.69, 9.17) is 14.9 Å². The van der Waals surface area contributed by atoms with Crippen molar-refractivity contribution in [3.05, 3.63) is 35.9 Å². The number of benzene rings is 1. The molecule has 0 aliphatic rings. The van der Waals surface area contributed by atoms with Crippen LogP contribution in [-0.2, 0) is 16.1 Å². The average Bonchev–Trinajstić information content (AvgIpc) is 2.65. The highest BCUT2D eigenvalue weighted by Crippen LogP contribution is 2.18. The first-order chi connectivity index (χ1) is 12.2. The average molecular weight is 348 g/mol. The van der Waals surface area contributed by atoms with Crippen LogP contribution in [0.2, 0.25) is 0 Å². The molecule has 2 N–H and O–H groups in total. The first-order valence-electron chi connectivity index (χ1n) is 9.24. The number of nitrogens with one attached hydrogen (secondary N) is 2. The summed E-state index contributed by atoms with van der Waals surface area (Å²) in [7, 11) is 1.57. The van der Waals surface area contributed by atoms with Gasteiger partial charge in [-0.25, -0.2) is 4.79 Å². The Kier molecular flexibility index (Phi) is 11.2. The van der Waals surface area contributed by atoms with Gasteiger partial charge < -0.3 is 14.8 Å². The van der Waals surface area contributed by atoms with Crippen molar-refractivity contribution in [2.75, 3.05) is 13.7 Å². The number of rotatable bonds is 12. The van der Waals surface area contributed by atoms with Crippen molar-refractivity contribution in [3.63, 3.8) is 0 Å². The molecule has 5 heteroatoms. The molecule has 0 radical (unpaired) electrons. The van der Waals surface area contributed by atoms with Crippen LogP contribution in [0.4, 0.5) is 4.79 Å². The Morgan fingerprint density at radius 3 is 2.44 bits per heavy atom. The zero-order valence-corrected chi connectivity index (χ0v) is 15.6. The minimum absolute atomic E-state index is 0.196. The van der Waals surface area contributed by atoms with E-state index in [0.29, 0.717) is 12.4 Å². The van der Waals surface area contributed by atoms with E-state index in [1.54, 1.807) is 7.11 Å². The van der Waals surface area contributed by atoms with Gasteiger partial charge in [-0.05, 0) is 24.8 Å². The van der Waals surface area contributed by atoms with Crippen LogP contribution >= 0.6 is 0 Å². The first-order valence-corrected chi connectivity index (χ1v) is 9.24. The molecule has 1 aromatic rings. The number of alkyl carbamates (subject to hydrolysis) is 1. The molecule has 0 aliphatic carbocycles. The van der Waals surface area contributed by atoms with Crippen molar-refractivity contribution in [1.82, 2.24) is 5.32 Å². The van der Waals surface area contributed by atoms with Crippen molar-refractivity contribution in [1.29, 1.82) is 5.41 Å². The molecule has 1 unspecified atom stereocenters. The van der Waals surface area contributed by atoms with E-state index < -0.39 is 0 Å². The largest absolute Gasteiger partial charge is 0.484 e. The Balaban J connectivity index is 2.13. The first kappa shape index (κ1) is 21.0. The van der Waals surface area contributed by atoms with Gasteiger partial charge in [0, 0.05) is 12.5 Å². The zero-order valence-electron chi connectivity index (χ0n) is 15.6. The van der Waals surface area contributed by atoms with Gasteiger partial charge in [0.05, 0.1) is 7.11 Å². The molecule has 5 nitrogen and oxygen atoms in total. The van der Waals surface area contributed by atoms with Crippen LogP contribution in [0, 0.1) is 11.3 Å². The molecule has 1 aromatic carbocycles. The van der Waals surface area contributed by atoms with Crippen LogP contribution in [0.25, 0.3) is 0 Å². The monoisotopic (exact) mass is 348 g/mol. The second-order valence-corrected chi connectivity index (χ2v) is 6.25. The lowest BCUT2D eigenvalue weighted by atomic mass is 9.95. The number of ether oxygens (including phenoxy) is 2. The summed E-state index contributed by atoms with van der Waals surface area (Å²) < 4.78 is 10.3. The third-order valence-corrected chi connectivity index (χ3v) is 4.21. The van der Waals surface area contributed by atoms with Gasteiger partial charge >= 0.3 is 6.09 Å². The number of unbranched alkanes of at least 4 members (excludes halogenated alkanes) is 3. The Hall–Kier alpha value is -2.04. The van der Waals surface area contributed by atoms with Gasteiger partial charge in [-0.3, -0.25) is 5.41 Å². The molecule has 0 aromatic heterocycles. The second-order valence-electron chi connectivity index (χ2n) is 6.25. The van der Waals surface area contributed by atoms with Gasteiger partial charge in [0.25, 0.3) is 0 Å². The maximum atomic E-state index is 11.7. The van der Waals surface area contributed by atoms with Crippen LogP contribution in [0.3, 0.4) is 0 Å². The molecule has 140 valence electrons. The van der Waals surface area contributed by atoms with Crippen LogP contribution < -0.4 is 5.32 Å². The Bertz CT molecular complexity index is 491. The Labute approximate surface area is 151 Å². The number of methoxy groups -OCH3 is 1. The summed E-state index contributed by atoms with van der Waals surface area (Å²) in [6.45, 7) is 3.06. The van der Waals surface area contributed by atoms with Crippen molar-refractivity contribution < 1.29 is 14.3 Å². The summed E-state index contributed by atoms with van der Waals surface area (Å²) in [5.74, 6) is 0.577. The highest BCUT2D eigenvalue weighted by molar-refractivity contribution is 5.75. The quantitative estimate of drug-likeness (QED) is 0.320. The van der Waals surface area contributed by atoms with Crippen LogP contribution in [0.1, 0.15) is 57.4 Å². The number of hydrogen-bond donors (Lipinski definition) is 2. The molecule has 0 heterocycles. The predicted molar refractivity (Wildman–Crippen MR) is 101 cm³/mol. The molecular weight excluding hydrogens is 316 g/mol. The van der Waals surface area contributed by atoms with Crippen molar-refractivity contribution in [3.8, 4) is 0 Å². The van der Waals surface area contributed by atoms with Crippen molar-refractivity contribution in [2.45, 2.75) is 58.5 Å². The van der Waals surface area contributed by atoms with E-state index in [1.807, 2.05) is 30.3 Å². The smallest absolute Gasteiger partial charge is 0.407 e. The molecule has 1 amide bonds. The second kappa shape index (κ2) is 13.3. The van der Waals surface area contributed by atoms with E-state index in [9.17, 15) is 4.79 Å². The lowest BCUT2D eigenvalue weighted by Gasteiger charge is -2.16. The lowest BCUT2D eigenvalue weighted by molar-refractivity contribution is 0.139. The van der Waals surface area contributed by atoms with Gasteiger partial charge in [0.1, 0.15) is 6.61 Å². The minimum atomic E-state index is -0.381. The lowest BCUT2D eigenvalue weighted by Crippen LogP contribution is -2.25. The van der Waals surface area contributed by atoms with E-state index in [1.165, 1.54) is 12.8 Å². The fourth-order valence-electron chi connectivity index (χ4n) is 2.69. The highest BCUT2D eigenvalue weighted by Gasteiger charge is 2.14. The summed E-state index contributed by atoms with van der Waals surface area (Å²) in [6.07, 6.45) is 6.90. The summed E-state index contributed by atoms with van der Waals surface area (Å²) in [5, 5.41) is 10.7. The van der Waals surface area contributed by atoms with Gasteiger partial charge in [-0.1, -0.05) is 62.9 Å². The number of carbonyl (C=O) groups excluding carboxylic acids is 1. The van der Waals surface area contributed by atoms with Gasteiger partial charge in [-0.2, -0.15) is 0 Å². The molecule has 0 fully saturated rings. The predicted octanol–water partition coefficient (Wildman–Crippen LogP) is 4.90. The molecule has 0 aliphatic heterocycles. The molecule has 1 atom stereocenters. The maximum Gasteiger partial charge on any atom is 0.407 e. The number of amides is 1. The molecule has 0 bridgehead atoms. The molecule has 0 saturated heterocycles. The fraction of sp³-hybridized carbons (Fsp3) is 0.600. The molecule has 25 heavy (non-hydrogen) atoms. The summed E-state index contributed by atoms with van der Waals surface area (Å²) in [4.78, 5) is 11.7. The van der Waals surface area contributed by atoms with Crippen molar-refractivity contribution >= 4 is 12.0 Å². The normalized spacial score (nSPS) is 11.6. The van der Waals surface area contributed by atoms with Gasteiger partial charge in [0.15, 0.2) is 5.90 Å². The SMILES string of the molecule is CCCCCC(CCCCNC(=O)OCc1ccccc1)C(=N)OC. The number of carbonyl (C=O) groups is 1. The van der Waals surface area contributed by atoms with E-state index in [2.05, 4.69) is 12.2 Å². The molecular formula is C20H32N2O3. The third-order valence-electron chi connectivity index (χ3n) is 4.21. The fourth-order valence-corrected chi connectivity index (χ4v) is 2.69. The molecule has 0 saturated carbocycles. The van der Waals surface area contributed by atoms with Gasteiger partial charge in [0.2, 0.25) is 0 Å². The van der Waals surface area contributed by atoms with Crippen LogP contribution in [0.15, 0.2) is 30.3 Å². The third kappa shape index (κ3) is 9.75. The molecule has 1 rings (SSSR count). The molecule has 0 spiro atoms. The Morgan fingerprint density at radius 2 is 1.80 bits per heavy atom. The summed E-state index contributed by atoms with van der Waals surface area (Å²) in [6, 6.07) is 9.63. The maximum absolute atomic E-state index is 11.7. The van der Waals surface area contributed by atoms with Crippen LogP contribution in [0.5, 0.6) is 0 Å². The minimum Gasteiger partial charge on any atom is -0.484 e. The summed E-state index contributed by atoms with van der Waals surface area (Å²) >= 11 is 0. The van der Waals surface area contributed by atoms with E-state index in [-0.39, 0.29) is 18.6 Å². The van der Waals surface area contributed by atoms with Crippen molar-refractivity contribution in [2.24, 2.45) is 5.92 Å². The topological polar surface area (TPSA) is 71.4 Å². The summed E-state index contributed by atoms with van der Waals surface area (Å²) in [5.41, 5.74) is 0.977. The zero-order chi connectivity index (χ0) is 18.3.